The molecule has 6 amide bonds. The van der Waals surface area contributed by atoms with Gasteiger partial charge in [0.15, 0.2) is 12.4 Å². The normalized spacial score (nSPS) is 19.1. The fraction of sp³-hybridized carbons (Fsp3) is 0.600. The highest BCUT2D eigenvalue weighted by atomic mass is 16.4. The number of primary amides is 1. The zero-order chi connectivity index (χ0) is 33.3. The SMILES string of the molecule is CC(C)C[C@H](NC(=O)[C@H](CCC(N)=O)NC(=O)[C@@H]1CCCN1C(=O)c1ccc[n+](C)c1)C(=O)N1CCC[C@H]1C(=O)NCC(=O)O. The summed E-state index contributed by atoms with van der Waals surface area (Å²) >= 11 is 0. The smallest absolute Gasteiger partial charge is 0.322 e. The van der Waals surface area contributed by atoms with E-state index in [2.05, 4.69) is 16.0 Å². The molecule has 2 aliphatic heterocycles. The van der Waals surface area contributed by atoms with E-state index in [1.54, 1.807) is 36.1 Å². The van der Waals surface area contributed by atoms with E-state index in [-0.39, 0.29) is 37.6 Å². The van der Waals surface area contributed by atoms with Crippen molar-refractivity contribution >= 4 is 41.4 Å². The summed E-state index contributed by atoms with van der Waals surface area (Å²) in [4.78, 5) is 92.0. The number of nitrogens with one attached hydrogen (secondary N) is 3. The Bertz CT molecular complexity index is 1300. The molecule has 0 unspecified atom stereocenters. The summed E-state index contributed by atoms with van der Waals surface area (Å²) in [5, 5.41) is 16.6. The maximum atomic E-state index is 13.7. The van der Waals surface area contributed by atoms with Gasteiger partial charge in [-0.25, -0.2) is 4.57 Å². The van der Waals surface area contributed by atoms with Crippen LogP contribution < -0.4 is 26.3 Å². The number of nitrogens with two attached hydrogens (primary N) is 1. The highest BCUT2D eigenvalue weighted by molar-refractivity contribution is 5.99. The lowest BCUT2D eigenvalue weighted by Gasteiger charge is -2.31. The monoisotopic (exact) mass is 630 g/mol. The van der Waals surface area contributed by atoms with Gasteiger partial charge < -0.3 is 36.6 Å². The third-order valence-electron chi connectivity index (χ3n) is 7.89. The number of aromatic nitrogens is 1. The highest BCUT2D eigenvalue weighted by Crippen LogP contribution is 2.22. The maximum Gasteiger partial charge on any atom is 0.322 e. The van der Waals surface area contributed by atoms with Gasteiger partial charge in [0.2, 0.25) is 29.5 Å². The van der Waals surface area contributed by atoms with Gasteiger partial charge in [-0.05, 0) is 50.5 Å². The second kappa shape index (κ2) is 16.0. The van der Waals surface area contributed by atoms with Crippen LogP contribution in [0, 0.1) is 5.92 Å². The van der Waals surface area contributed by atoms with Crippen molar-refractivity contribution in [2.24, 2.45) is 18.7 Å². The number of carboxylic acid groups (broad SMARTS) is 1. The van der Waals surface area contributed by atoms with Crippen LogP contribution in [0.25, 0.3) is 0 Å². The van der Waals surface area contributed by atoms with Gasteiger partial charge in [0, 0.05) is 25.6 Å². The van der Waals surface area contributed by atoms with Crippen molar-refractivity contribution in [3.63, 3.8) is 0 Å². The predicted molar refractivity (Wildman–Crippen MR) is 159 cm³/mol. The minimum atomic E-state index is -1.23. The van der Waals surface area contributed by atoms with E-state index in [9.17, 15) is 33.6 Å². The molecule has 45 heavy (non-hydrogen) atoms. The summed E-state index contributed by atoms with van der Waals surface area (Å²) in [7, 11) is 1.78. The van der Waals surface area contributed by atoms with E-state index < -0.39 is 66.2 Å². The van der Waals surface area contributed by atoms with Gasteiger partial charge >= 0.3 is 5.97 Å². The van der Waals surface area contributed by atoms with Crippen LogP contribution in [0.3, 0.4) is 0 Å². The molecule has 0 saturated carbocycles. The third-order valence-corrected chi connectivity index (χ3v) is 7.89. The Balaban J connectivity index is 1.76. The lowest BCUT2D eigenvalue weighted by Crippen LogP contribution is -2.58. The van der Waals surface area contributed by atoms with Crippen molar-refractivity contribution in [1.29, 1.82) is 0 Å². The van der Waals surface area contributed by atoms with Crippen molar-refractivity contribution in [1.82, 2.24) is 25.8 Å². The summed E-state index contributed by atoms with van der Waals surface area (Å²) in [6, 6.07) is -0.620. The van der Waals surface area contributed by atoms with Gasteiger partial charge in [-0.1, -0.05) is 13.8 Å². The molecule has 0 spiro atoms. The van der Waals surface area contributed by atoms with Gasteiger partial charge in [-0.15, -0.1) is 0 Å². The lowest BCUT2D eigenvalue weighted by molar-refractivity contribution is -0.671. The average Bonchev–Trinajstić information content (AvgIpc) is 3.67. The summed E-state index contributed by atoms with van der Waals surface area (Å²) < 4.78 is 1.73. The molecular formula is C30H44N7O8+. The first-order chi connectivity index (χ1) is 21.3. The Morgan fingerprint density at radius 1 is 0.978 bits per heavy atom. The first-order valence-electron chi connectivity index (χ1n) is 15.2. The second-order valence-corrected chi connectivity index (χ2v) is 12.0. The first-order valence-corrected chi connectivity index (χ1v) is 15.2. The highest BCUT2D eigenvalue weighted by Gasteiger charge is 2.40. The molecule has 0 aromatic carbocycles. The predicted octanol–water partition coefficient (Wildman–Crippen LogP) is -1.41. The maximum absolute atomic E-state index is 13.7. The molecule has 6 N–H and O–H groups in total. The molecule has 2 saturated heterocycles. The van der Waals surface area contributed by atoms with Crippen LogP contribution in [-0.2, 0) is 35.8 Å². The molecule has 1 aromatic rings. The van der Waals surface area contributed by atoms with Gasteiger partial charge in [0.25, 0.3) is 5.91 Å². The number of amides is 6. The van der Waals surface area contributed by atoms with Crippen molar-refractivity contribution in [2.75, 3.05) is 19.6 Å². The van der Waals surface area contributed by atoms with E-state index in [0.717, 1.165) is 0 Å². The third kappa shape index (κ3) is 9.71. The van der Waals surface area contributed by atoms with E-state index in [1.165, 1.54) is 9.80 Å². The van der Waals surface area contributed by atoms with Crippen LogP contribution in [-0.4, -0.2) is 100 Å². The number of likely N-dealkylation sites (tertiary alicyclic amines) is 2. The summed E-state index contributed by atoms with van der Waals surface area (Å²) in [6.45, 7) is 3.74. The number of nitrogens with zero attached hydrogens (tertiary/aromatic N) is 3. The summed E-state index contributed by atoms with van der Waals surface area (Å²) in [5.41, 5.74) is 5.76. The summed E-state index contributed by atoms with van der Waals surface area (Å²) in [5.74, 6) is -4.63. The molecule has 0 radical (unpaired) electrons. The van der Waals surface area contributed by atoms with Crippen LogP contribution in [0.5, 0.6) is 0 Å². The molecule has 3 heterocycles. The number of aryl methyl sites for hydroxylation is 1. The van der Waals surface area contributed by atoms with Crippen LogP contribution in [0.4, 0.5) is 0 Å². The van der Waals surface area contributed by atoms with Crippen molar-refractivity contribution in [3.8, 4) is 0 Å². The fourth-order valence-corrected chi connectivity index (χ4v) is 5.73. The van der Waals surface area contributed by atoms with Crippen LogP contribution in [0.1, 0.15) is 69.2 Å². The van der Waals surface area contributed by atoms with Gasteiger partial charge in [-0.2, -0.15) is 0 Å². The quantitative estimate of drug-likeness (QED) is 0.154. The van der Waals surface area contributed by atoms with Crippen molar-refractivity contribution < 1.29 is 43.2 Å². The molecule has 0 bridgehead atoms. The van der Waals surface area contributed by atoms with Gasteiger partial charge in [0.05, 0.1) is 0 Å². The molecule has 246 valence electrons. The summed E-state index contributed by atoms with van der Waals surface area (Å²) in [6.07, 6.45) is 5.15. The zero-order valence-electron chi connectivity index (χ0n) is 26.0. The topological polar surface area (TPSA) is 212 Å². The Morgan fingerprint density at radius 3 is 2.22 bits per heavy atom. The second-order valence-electron chi connectivity index (χ2n) is 12.0. The van der Waals surface area contributed by atoms with Crippen molar-refractivity contribution in [3.05, 3.63) is 30.1 Å². The van der Waals surface area contributed by atoms with Crippen LogP contribution in [0.2, 0.25) is 0 Å². The Morgan fingerprint density at radius 2 is 1.62 bits per heavy atom. The Kier molecular flexibility index (Phi) is 12.4. The van der Waals surface area contributed by atoms with E-state index in [1.807, 2.05) is 13.8 Å². The molecular weight excluding hydrogens is 586 g/mol. The number of pyridine rings is 1. The number of rotatable bonds is 14. The molecule has 4 atom stereocenters. The number of carboxylic acids is 1. The minimum Gasteiger partial charge on any atom is -0.480 e. The number of hydrogen-bond acceptors (Lipinski definition) is 7. The largest absolute Gasteiger partial charge is 0.480 e. The number of carbonyl (C=O) groups excluding carboxylic acids is 6. The minimum absolute atomic E-state index is 0.0438. The molecule has 3 rings (SSSR count). The van der Waals surface area contributed by atoms with Gasteiger partial charge in [0.1, 0.15) is 43.3 Å². The Hall–Kier alpha value is -4.56. The van der Waals surface area contributed by atoms with E-state index in [0.29, 0.717) is 37.8 Å². The zero-order valence-corrected chi connectivity index (χ0v) is 26.0. The molecule has 0 aliphatic carbocycles. The molecule has 2 fully saturated rings. The number of hydrogen-bond donors (Lipinski definition) is 5. The average molecular weight is 631 g/mol. The number of carbonyl (C=O) groups is 7. The lowest BCUT2D eigenvalue weighted by atomic mass is 10.0. The van der Waals surface area contributed by atoms with E-state index >= 15 is 0 Å². The molecule has 15 heteroatoms. The molecule has 1 aromatic heterocycles. The molecule has 15 nitrogen and oxygen atoms in total. The van der Waals surface area contributed by atoms with E-state index in [4.69, 9.17) is 10.8 Å². The van der Waals surface area contributed by atoms with Crippen molar-refractivity contribution in [2.45, 2.75) is 83.0 Å². The fourth-order valence-electron chi connectivity index (χ4n) is 5.73. The Labute approximate surface area is 261 Å². The standard InChI is InChI=1S/C30H43N7O8/c1-18(2)15-21(30(45)37-14-5-8-22(37)27(42)32-16-25(39)40)34-26(41)20(10-11-24(31)38)33-28(43)23-9-6-13-36(23)29(44)19-7-4-12-35(3)17-19/h4,7,12,17-18,20-23H,5-6,8-11,13-16H2,1-3H3,(H5-,31,32,33,34,38,39,40,41,42,43)/p+1/t20-,21-,22-,23-/m0/s1. The number of aliphatic carboxylic acids is 1. The van der Waals surface area contributed by atoms with Gasteiger partial charge in [-0.3, -0.25) is 33.6 Å². The molecule has 2 aliphatic rings. The van der Waals surface area contributed by atoms with Crippen LogP contribution in [0.15, 0.2) is 24.5 Å². The first kappa shape index (κ1) is 34.9. The van der Waals surface area contributed by atoms with Crippen LogP contribution >= 0.6 is 0 Å².